The van der Waals surface area contributed by atoms with Crippen molar-refractivity contribution < 1.29 is 13.9 Å². The molecular weight excluding hydrogens is 367 g/mol. The van der Waals surface area contributed by atoms with Crippen LogP contribution in [-0.4, -0.2) is 17.2 Å². The largest absolute Gasteiger partial charge is 0.443 e. The lowest BCUT2D eigenvalue weighted by atomic mass is 9.87. The summed E-state index contributed by atoms with van der Waals surface area (Å²) in [5.41, 5.74) is 3.11. The van der Waals surface area contributed by atoms with Crippen LogP contribution in [0.25, 0.3) is 16.7 Å². The summed E-state index contributed by atoms with van der Waals surface area (Å²) < 4.78 is 19.5. The minimum absolute atomic E-state index is 0.265. The topological polar surface area (TPSA) is 53.3 Å². The first kappa shape index (κ1) is 20.6. The number of nitriles is 1. The van der Waals surface area contributed by atoms with E-state index in [2.05, 4.69) is 0 Å². The van der Waals surface area contributed by atoms with Gasteiger partial charge < -0.3 is 4.74 Å². The van der Waals surface area contributed by atoms with Crippen molar-refractivity contribution in [3.63, 3.8) is 0 Å². The molecule has 2 aromatic rings. The Morgan fingerprint density at radius 2 is 1.83 bits per heavy atom. The molecule has 29 heavy (non-hydrogen) atoms. The van der Waals surface area contributed by atoms with Crippen LogP contribution in [0.1, 0.15) is 52.7 Å². The Balaban J connectivity index is 2.12. The van der Waals surface area contributed by atoms with E-state index in [0.29, 0.717) is 5.56 Å². The first-order valence-electron chi connectivity index (χ1n) is 9.49. The van der Waals surface area contributed by atoms with Gasteiger partial charge in [-0.25, -0.2) is 9.18 Å². The van der Waals surface area contributed by atoms with Crippen molar-refractivity contribution in [3.05, 3.63) is 59.4 Å². The molecule has 0 saturated heterocycles. The fourth-order valence-corrected chi connectivity index (χ4v) is 3.67. The van der Waals surface area contributed by atoms with Crippen LogP contribution in [0.2, 0.25) is 0 Å². The van der Waals surface area contributed by atoms with Crippen molar-refractivity contribution in [3.8, 4) is 17.2 Å². The second-order valence-corrected chi connectivity index (χ2v) is 8.87. The number of hydrogen-bond donors (Lipinski definition) is 0. The van der Waals surface area contributed by atoms with Gasteiger partial charge in [0.05, 0.1) is 22.9 Å². The lowest BCUT2D eigenvalue weighted by molar-refractivity contribution is 0.0556. The molecule has 1 aliphatic rings. The van der Waals surface area contributed by atoms with Crippen molar-refractivity contribution in [2.75, 3.05) is 4.90 Å². The van der Waals surface area contributed by atoms with Gasteiger partial charge in [0.25, 0.3) is 0 Å². The number of hydrogen-bond acceptors (Lipinski definition) is 3. The number of ether oxygens (including phenoxy) is 1. The number of halogens is 1. The third-order valence-electron chi connectivity index (χ3n) is 4.74. The van der Waals surface area contributed by atoms with Gasteiger partial charge in [0.15, 0.2) is 0 Å². The minimum Gasteiger partial charge on any atom is -0.443 e. The third kappa shape index (κ3) is 4.17. The summed E-state index contributed by atoms with van der Waals surface area (Å²) in [5, 5.41) is 9.13. The average molecular weight is 392 g/mol. The first-order chi connectivity index (χ1) is 13.4. The van der Waals surface area contributed by atoms with E-state index in [1.165, 1.54) is 12.1 Å². The van der Waals surface area contributed by atoms with E-state index in [1.807, 2.05) is 71.9 Å². The Morgan fingerprint density at radius 3 is 2.45 bits per heavy atom. The van der Waals surface area contributed by atoms with Crippen LogP contribution in [0.3, 0.4) is 0 Å². The van der Waals surface area contributed by atoms with Crippen molar-refractivity contribution in [1.82, 2.24) is 0 Å². The number of carbonyl (C=O) groups is 1. The number of benzene rings is 2. The van der Waals surface area contributed by atoms with Crippen LogP contribution in [-0.2, 0) is 4.74 Å². The summed E-state index contributed by atoms with van der Waals surface area (Å²) in [4.78, 5) is 14.6. The number of amides is 1. The van der Waals surface area contributed by atoms with Gasteiger partial charge in [-0.1, -0.05) is 12.1 Å². The van der Waals surface area contributed by atoms with Crippen molar-refractivity contribution >= 4 is 17.4 Å². The first-order valence-corrected chi connectivity index (χ1v) is 9.49. The number of anilines is 1. The summed E-state index contributed by atoms with van der Waals surface area (Å²) >= 11 is 0. The molecule has 150 valence electrons. The van der Waals surface area contributed by atoms with Gasteiger partial charge in [0.2, 0.25) is 0 Å². The number of rotatable bonds is 1. The zero-order valence-electron chi connectivity index (χ0n) is 17.6. The Labute approximate surface area is 171 Å². The molecule has 0 atom stereocenters. The summed E-state index contributed by atoms with van der Waals surface area (Å²) in [6.45, 7) is 11.4. The van der Waals surface area contributed by atoms with E-state index < -0.39 is 23.1 Å². The van der Waals surface area contributed by atoms with Crippen LogP contribution in [0.15, 0.2) is 42.5 Å². The highest BCUT2D eigenvalue weighted by Crippen LogP contribution is 2.41. The number of carbonyl (C=O) groups excluding carboxylic acids is 1. The van der Waals surface area contributed by atoms with Gasteiger partial charge in [0, 0.05) is 5.56 Å². The van der Waals surface area contributed by atoms with Gasteiger partial charge in [-0.15, -0.1) is 0 Å². The molecule has 1 aliphatic heterocycles. The van der Waals surface area contributed by atoms with Crippen molar-refractivity contribution in [1.29, 1.82) is 5.26 Å². The molecule has 2 aromatic carbocycles. The molecule has 1 heterocycles. The fourth-order valence-electron chi connectivity index (χ4n) is 3.67. The number of allylic oxidation sites excluding steroid dienone is 1. The lowest BCUT2D eigenvalue weighted by Crippen LogP contribution is -2.50. The van der Waals surface area contributed by atoms with E-state index >= 15 is 0 Å². The Morgan fingerprint density at radius 1 is 1.14 bits per heavy atom. The molecule has 0 unspecified atom stereocenters. The number of fused-ring (bicyclic) bond motifs is 1. The standard InChI is InChI=1S/C24H25FN2O2/c1-15-13-24(5,6)27(22(28)29-23(2,3)4)21-8-7-17(12-20(15)21)18-9-16(14-26)10-19(25)11-18/h7-13H,1-6H3. The van der Waals surface area contributed by atoms with Gasteiger partial charge in [0.1, 0.15) is 11.4 Å². The SMILES string of the molecule is CC1=CC(C)(C)N(C(=O)OC(C)(C)C)c2ccc(-c3cc(F)cc(C#N)c3)cc21. The second-order valence-electron chi connectivity index (χ2n) is 8.87. The van der Waals surface area contributed by atoms with Crippen LogP contribution >= 0.6 is 0 Å². The zero-order chi connectivity index (χ0) is 21.6. The quantitative estimate of drug-likeness (QED) is 0.572. The summed E-state index contributed by atoms with van der Waals surface area (Å²) in [7, 11) is 0. The van der Waals surface area contributed by atoms with Crippen LogP contribution in [0.5, 0.6) is 0 Å². The maximum atomic E-state index is 13.9. The predicted octanol–water partition coefficient (Wildman–Crippen LogP) is 6.30. The summed E-state index contributed by atoms with van der Waals surface area (Å²) in [6.07, 6.45) is 1.60. The van der Waals surface area contributed by atoms with Crippen molar-refractivity contribution in [2.45, 2.75) is 52.7 Å². The Bertz CT molecular complexity index is 1060. The smallest absolute Gasteiger partial charge is 0.415 e. The van der Waals surface area contributed by atoms with E-state index in [4.69, 9.17) is 10.00 Å². The molecule has 0 N–H and O–H groups in total. The molecule has 3 rings (SSSR count). The highest BCUT2D eigenvalue weighted by atomic mass is 19.1. The molecular formula is C24H25FN2O2. The highest BCUT2D eigenvalue weighted by molar-refractivity contribution is 5.97. The Hall–Kier alpha value is -3.13. The molecule has 1 amide bonds. The van der Waals surface area contributed by atoms with Gasteiger partial charge >= 0.3 is 6.09 Å². The molecule has 0 aromatic heterocycles. The molecule has 0 saturated carbocycles. The fraction of sp³-hybridized carbons (Fsp3) is 0.333. The molecule has 0 bridgehead atoms. The molecule has 0 aliphatic carbocycles. The zero-order valence-corrected chi connectivity index (χ0v) is 17.6. The van der Waals surface area contributed by atoms with Crippen molar-refractivity contribution in [2.24, 2.45) is 0 Å². The molecule has 0 fully saturated rings. The van der Waals surface area contributed by atoms with Crippen LogP contribution in [0, 0.1) is 17.1 Å². The molecule has 0 spiro atoms. The second kappa shape index (κ2) is 7.04. The van der Waals surface area contributed by atoms with E-state index in [-0.39, 0.29) is 5.56 Å². The molecule has 5 heteroatoms. The van der Waals surface area contributed by atoms with Crippen LogP contribution in [0.4, 0.5) is 14.9 Å². The molecule has 4 nitrogen and oxygen atoms in total. The van der Waals surface area contributed by atoms with Gasteiger partial charge in [-0.2, -0.15) is 5.26 Å². The van der Waals surface area contributed by atoms with E-state index in [0.717, 1.165) is 22.4 Å². The maximum absolute atomic E-state index is 13.9. The van der Waals surface area contributed by atoms with Gasteiger partial charge in [-0.05, 0) is 88.6 Å². The summed E-state index contributed by atoms with van der Waals surface area (Å²) in [5.74, 6) is -0.458. The Kier molecular flexibility index (Phi) is 5.00. The maximum Gasteiger partial charge on any atom is 0.415 e. The van der Waals surface area contributed by atoms with E-state index in [9.17, 15) is 9.18 Å². The monoisotopic (exact) mass is 392 g/mol. The third-order valence-corrected chi connectivity index (χ3v) is 4.74. The molecule has 0 radical (unpaired) electrons. The highest BCUT2D eigenvalue weighted by Gasteiger charge is 2.38. The predicted molar refractivity (Wildman–Crippen MR) is 113 cm³/mol. The lowest BCUT2D eigenvalue weighted by Gasteiger charge is -2.41. The van der Waals surface area contributed by atoms with Gasteiger partial charge in [-0.3, -0.25) is 4.90 Å². The summed E-state index contributed by atoms with van der Waals surface area (Å²) in [6, 6.07) is 11.9. The minimum atomic E-state index is -0.612. The van der Waals surface area contributed by atoms with Crippen LogP contribution < -0.4 is 4.90 Å². The van der Waals surface area contributed by atoms with E-state index in [1.54, 1.807) is 11.0 Å². The average Bonchev–Trinajstić information content (AvgIpc) is 2.58. The number of nitrogens with zero attached hydrogens (tertiary/aromatic N) is 2. The normalized spacial score (nSPS) is 15.2.